The van der Waals surface area contributed by atoms with Crippen LogP contribution in [0.4, 0.5) is 4.39 Å². The number of hydrogen-bond donors (Lipinski definition) is 1. The molecule has 1 atom stereocenters. The van der Waals surface area contributed by atoms with Gasteiger partial charge in [0.2, 0.25) is 0 Å². The first kappa shape index (κ1) is 17.4. The van der Waals surface area contributed by atoms with Crippen LogP contribution in [0.3, 0.4) is 0 Å². The number of halogens is 1. The number of aliphatic hydroxyl groups is 1. The number of rotatable bonds is 6. The second-order valence-corrected chi connectivity index (χ2v) is 8.38. The lowest BCUT2D eigenvalue weighted by Crippen LogP contribution is -2.38. The van der Waals surface area contributed by atoms with Gasteiger partial charge in [0.25, 0.3) is 0 Å². The maximum absolute atomic E-state index is 12.9. The summed E-state index contributed by atoms with van der Waals surface area (Å²) < 4.78 is 36.0. The third kappa shape index (κ3) is 4.76. The van der Waals surface area contributed by atoms with Gasteiger partial charge in [-0.05, 0) is 49.5 Å². The second kappa shape index (κ2) is 7.53. The van der Waals surface area contributed by atoms with E-state index in [1.54, 1.807) is 19.1 Å². The number of benzene rings is 1. The van der Waals surface area contributed by atoms with Crippen LogP contribution in [-0.4, -0.2) is 49.6 Å². The van der Waals surface area contributed by atoms with E-state index in [1.807, 2.05) is 0 Å². The average molecular weight is 329 g/mol. The molecule has 2 rings (SSSR count). The van der Waals surface area contributed by atoms with Gasteiger partial charge in [-0.3, -0.25) is 0 Å². The molecule has 1 aromatic carbocycles. The molecule has 0 bridgehead atoms. The lowest BCUT2D eigenvalue weighted by atomic mass is 9.87. The molecular weight excluding hydrogens is 305 g/mol. The van der Waals surface area contributed by atoms with E-state index >= 15 is 0 Å². The number of likely N-dealkylation sites (tertiary alicyclic amines) is 1. The van der Waals surface area contributed by atoms with Crippen molar-refractivity contribution in [1.82, 2.24) is 4.90 Å². The van der Waals surface area contributed by atoms with Crippen molar-refractivity contribution in [2.45, 2.75) is 25.9 Å². The van der Waals surface area contributed by atoms with Crippen molar-refractivity contribution in [3.63, 3.8) is 0 Å². The quantitative estimate of drug-likeness (QED) is 0.867. The van der Waals surface area contributed by atoms with Crippen molar-refractivity contribution in [3.05, 3.63) is 35.6 Å². The number of piperidine rings is 1. The van der Waals surface area contributed by atoms with Gasteiger partial charge in [0.1, 0.15) is 5.82 Å². The van der Waals surface area contributed by atoms with Crippen molar-refractivity contribution in [1.29, 1.82) is 0 Å². The van der Waals surface area contributed by atoms with Crippen LogP contribution in [-0.2, 0) is 9.84 Å². The topological polar surface area (TPSA) is 57.6 Å². The molecule has 0 aliphatic carbocycles. The Kier molecular flexibility index (Phi) is 5.94. The van der Waals surface area contributed by atoms with Crippen molar-refractivity contribution in [2.24, 2.45) is 5.92 Å². The molecule has 1 saturated heterocycles. The molecule has 0 spiro atoms. The molecule has 1 N–H and O–H groups in total. The molecular formula is C16H24FNO3S. The standard InChI is InChI=1S/C16H24FNO3S/c1-2-22(20,21)12-11-18-9-7-14(8-10-18)16(19)13-3-5-15(17)6-4-13/h3-6,14,16,19H,2,7-12H2,1H3. The SMILES string of the molecule is CCS(=O)(=O)CCN1CCC(C(O)c2ccc(F)cc2)CC1. The molecule has 0 aromatic heterocycles. The van der Waals surface area contributed by atoms with Crippen molar-refractivity contribution in [3.8, 4) is 0 Å². The highest BCUT2D eigenvalue weighted by Gasteiger charge is 2.26. The summed E-state index contributed by atoms with van der Waals surface area (Å²) in [5.41, 5.74) is 0.744. The summed E-state index contributed by atoms with van der Waals surface area (Å²) >= 11 is 0. The Balaban J connectivity index is 1.83. The van der Waals surface area contributed by atoms with Crippen molar-refractivity contribution in [2.75, 3.05) is 31.1 Å². The number of hydrogen-bond acceptors (Lipinski definition) is 4. The Hall–Kier alpha value is -0.980. The maximum atomic E-state index is 12.9. The fourth-order valence-corrected chi connectivity index (χ4v) is 3.66. The zero-order valence-electron chi connectivity index (χ0n) is 12.9. The van der Waals surface area contributed by atoms with Gasteiger partial charge < -0.3 is 10.0 Å². The first-order valence-electron chi connectivity index (χ1n) is 7.77. The number of aliphatic hydroxyl groups excluding tert-OH is 1. The van der Waals surface area contributed by atoms with Crippen molar-refractivity contribution < 1.29 is 17.9 Å². The molecule has 22 heavy (non-hydrogen) atoms. The zero-order chi connectivity index (χ0) is 16.2. The minimum absolute atomic E-state index is 0.143. The Morgan fingerprint density at radius 3 is 2.41 bits per heavy atom. The second-order valence-electron chi connectivity index (χ2n) is 5.91. The highest BCUT2D eigenvalue weighted by molar-refractivity contribution is 7.91. The van der Waals surface area contributed by atoms with Gasteiger partial charge >= 0.3 is 0 Å². The van der Waals surface area contributed by atoms with E-state index in [4.69, 9.17) is 0 Å². The zero-order valence-corrected chi connectivity index (χ0v) is 13.7. The van der Waals surface area contributed by atoms with Crippen LogP contribution < -0.4 is 0 Å². The summed E-state index contributed by atoms with van der Waals surface area (Å²) in [4.78, 5) is 2.14. The first-order valence-corrected chi connectivity index (χ1v) is 9.59. The summed E-state index contributed by atoms with van der Waals surface area (Å²) in [5, 5.41) is 10.4. The Morgan fingerprint density at radius 2 is 1.86 bits per heavy atom. The van der Waals surface area contributed by atoms with Gasteiger partial charge in [-0.2, -0.15) is 0 Å². The lowest BCUT2D eigenvalue weighted by molar-refractivity contribution is 0.0605. The van der Waals surface area contributed by atoms with E-state index in [0.717, 1.165) is 31.5 Å². The van der Waals surface area contributed by atoms with E-state index < -0.39 is 15.9 Å². The summed E-state index contributed by atoms with van der Waals surface area (Å²) in [6, 6.07) is 5.98. The largest absolute Gasteiger partial charge is 0.388 e. The molecule has 1 aliphatic heterocycles. The highest BCUT2D eigenvalue weighted by atomic mass is 32.2. The minimum Gasteiger partial charge on any atom is -0.388 e. The van der Waals surface area contributed by atoms with Gasteiger partial charge in [0, 0.05) is 12.3 Å². The average Bonchev–Trinajstić information content (AvgIpc) is 2.54. The summed E-state index contributed by atoms with van der Waals surface area (Å²) in [7, 11) is -2.92. The first-order chi connectivity index (χ1) is 10.4. The summed E-state index contributed by atoms with van der Waals surface area (Å²) in [5.74, 6) is 0.230. The fourth-order valence-electron chi connectivity index (χ4n) is 2.84. The fraction of sp³-hybridized carbons (Fsp3) is 0.625. The molecule has 1 fully saturated rings. The van der Waals surface area contributed by atoms with E-state index in [1.165, 1.54) is 12.1 Å². The molecule has 1 aliphatic rings. The monoisotopic (exact) mass is 329 g/mol. The van der Waals surface area contributed by atoms with E-state index in [2.05, 4.69) is 4.90 Å². The highest BCUT2D eigenvalue weighted by Crippen LogP contribution is 2.30. The molecule has 0 radical (unpaired) electrons. The molecule has 1 aromatic rings. The number of nitrogens with zero attached hydrogens (tertiary/aromatic N) is 1. The van der Waals surface area contributed by atoms with Crippen LogP contribution in [0.5, 0.6) is 0 Å². The maximum Gasteiger partial charge on any atom is 0.151 e. The van der Waals surface area contributed by atoms with Gasteiger partial charge in [-0.1, -0.05) is 19.1 Å². The third-order valence-corrected chi connectivity index (χ3v) is 6.13. The third-order valence-electron chi connectivity index (χ3n) is 4.45. The molecule has 0 amide bonds. The van der Waals surface area contributed by atoms with Crippen LogP contribution in [0.1, 0.15) is 31.4 Å². The van der Waals surface area contributed by atoms with Gasteiger partial charge in [-0.15, -0.1) is 0 Å². The minimum atomic E-state index is -2.92. The summed E-state index contributed by atoms with van der Waals surface area (Å²) in [6.45, 7) is 3.82. The lowest BCUT2D eigenvalue weighted by Gasteiger charge is -2.34. The van der Waals surface area contributed by atoms with Crippen molar-refractivity contribution >= 4 is 9.84 Å². The van der Waals surface area contributed by atoms with E-state index in [-0.39, 0.29) is 23.2 Å². The predicted octanol–water partition coefficient (Wildman–Crippen LogP) is 2.01. The molecule has 0 saturated carbocycles. The predicted molar refractivity (Wildman–Crippen MR) is 84.9 cm³/mol. The normalized spacial score (nSPS) is 19.2. The van der Waals surface area contributed by atoms with Crippen LogP contribution in [0, 0.1) is 11.7 Å². The van der Waals surface area contributed by atoms with Gasteiger partial charge in [-0.25, -0.2) is 12.8 Å². The molecule has 124 valence electrons. The van der Waals surface area contributed by atoms with Crippen LogP contribution in [0.2, 0.25) is 0 Å². The Morgan fingerprint density at radius 1 is 1.27 bits per heavy atom. The van der Waals surface area contributed by atoms with Crippen LogP contribution in [0.25, 0.3) is 0 Å². The van der Waals surface area contributed by atoms with Crippen LogP contribution >= 0.6 is 0 Å². The summed E-state index contributed by atoms with van der Waals surface area (Å²) in [6.07, 6.45) is 1.07. The molecule has 6 heteroatoms. The Bertz CT molecular complexity index is 566. The molecule has 4 nitrogen and oxygen atoms in total. The van der Waals surface area contributed by atoms with E-state index in [0.29, 0.717) is 6.54 Å². The molecule has 1 unspecified atom stereocenters. The van der Waals surface area contributed by atoms with E-state index in [9.17, 15) is 17.9 Å². The van der Waals surface area contributed by atoms with Gasteiger partial charge in [0.15, 0.2) is 9.84 Å². The van der Waals surface area contributed by atoms with Crippen LogP contribution in [0.15, 0.2) is 24.3 Å². The smallest absolute Gasteiger partial charge is 0.151 e. The van der Waals surface area contributed by atoms with Gasteiger partial charge in [0.05, 0.1) is 11.9 Å². The number of sulfone groups is 1. The molecule has 1 heterocycles. The Labute approximate surface area is 131 Å².